The molecule has 2 N–H and O–H groups in total. The highest BCUT2D eigenvalue weighted by atomic mass is 35.5. The topological polar surface area (TPSA) is 127 Å². The van der Waals surface area contributed by atoms with E-state index < -0.39 is 17.0 Å². The fourth-order valence-corrected chi connectivity index (χ4v) is 4.94. The van der Waals surface area contributed by atoms with Gasteiger partial charge in [-0.2, -0.15) is 0 Å². The Balaban J connectivity index is 1.49. The van der Waals surface area contributed by atoms with Crippen LogP contribution < -0.4 is 21.7 Å². The molecule has 0 aliphatic heterocycles. The number of anilines is 1. The number of halogens is 1. The van der Waals surface area contributed by atoms with E-state index >= 15 is 0 Å². The van der Waals surface area contributed by atoms with E-state index in [0.717, 1.165) is 32.1 Å². The number of para-hydroxylation sites is 1. The van der Waals surface area contributed by atoms with Crippen LogP contribution >= 0.6 is 23.4 Å². The molecule has 3 aromatic carbocycles. The first-order valence-electron chi connectivity index (χ1n) is 12.0. The predicted molar refractivity (Wildman–Crippen MR) is 155 cm³/mol. The third-order valence-electron chi connectivity index (χ3n) is 6.13. The summed E-state index contributed by atoms with van der Waals surface area (Å²) in [6.45, 7) is 0. The van der Waals surface area contributed by atoms with E-state index in [9.17, 15) is 14.4 Å². The van der Waals surface area contributed by atoms with Crippen molar-refractivity contribution in [1.82, 2.24) is 23.9 Å². The maximum Gasteiger partial charge on any atom is 0.332 e. The molecule has 40 heavy (non-hydrogen) atoms. The van der Waals surface area contributed by atoms with Gasteiger partial charge >= 0.3 is 5.69 Å². The van der Waals surface area contributed by atoms with Crippen molar-refractivity contribution < 1.29 is 9.53 Å². The average Bonchev–Trinajstić information content (AvgIpc) is 3.39. The number of nitrogens with zero attached hydrogens (tertiary/aromatic N) is 5. The zero-order chi connectivity index (χ0) is 28.4. The summed E-state index contributed by atoms with van der Waals surface area (Å²) in [6.07, 6.45) is 0. The smallest absolute Gasteiger partial charge is 0.332 e. The third kappa shape index (κ3) is 5.29. The van der Waals surface area contributed by atoms with Crippen molar-refractivity contribution in [3.05, 3.63) is 110 Å². The van der Waals surface area contributed by atoms with E-state index in [1.54, 1.807) is 16.7 Å². The van der Waals surface area contributed by atoms with Gasteiger partial charge in [0.25, 0.3) is 5.56 Å². The monoisotopic (exact) mass is 574 g/mol. The number of thioether (sulfide) groups is 1. The van der Waals surface area contributed by atoms with Gasteiger partial charge in [0.1, 0.15) is 22.9 Å². The van der Waals surface area contributed by atoms with Gasteiger partial charge in [-0.15, -0.1) is 10.2 Å². The van der Waals surface area contributed by atoms with Crippen LogP contribution in [0.1, 0.15) is 10.4 Å². The number of ether oxygens (including phenoxy) is 1. The minimum atomic E-state index is -0.747. The van der Waals surface area contributed by atoms with E-state index in [4.69, 9.17) is 22.1 Å². The normalized spacial score (nSPS) is 11.0. The number of hydrogen-bond donors (Lipinski definition) is 1. The molecule has 0 aliphatic carbocycles. The molecular weight excluding hydrogens is 552 g/mol. The van der Waals surface area contributed by atoms with Crippen LogP contribution in [0.3, 0.4) is 0 Å². The molecule has 202 valence electrons. The van der Waals surface area contributed by atoms with Crippen LogP contribution in [0.25, 0.3) is 17.1 Å². The Morgan fingerprint density at radius 3 is 2.23 bits per heavy atom. The number of carbonyl (C=O) groups is 1. The standard InChI is InChI=1S/C28H23ClN6O4S/c1-33-24(30)23(26(37)34(2)28(33)38)22(36)16-40-27-32-31-25(17-8-10-18(29)11-9-17)35(27)19-12-14-21(15-13-19)39-20-6-4-3-5-7-20/h3-15H,16,30H2,1-2H3. The van der Waals surface area contributed by atoms with Crippen molar-refractivity contribution in [3.63, 3.8) is 0 Å². The second kappa shape index (κ2) is 11.2. The summed E-state index contributed by atoms with van der Waals surface area (Å²) in [5, 5.41) is 9.70. The number of ketones is 1. The van der Waals surface area contributed by atoms with Gasteiger partial charge in [-0.1, -0.05) is 41.6 Å². The van der Waals surface area contributed by atoms with Crippen LogP contribution in [-0.4, -0.2) is 35.4 Å². The van der Waals surface area contributed by atoms with Crippen molar-refractivity contribution in [2.75, 3.05) is 11.5 Å². The summed E-state index contributed by atoms with van der Waals surface area (Å²) >= 11 is 7.18. The Morgan fingerprint density at radius 1 is 0.900 bits per heavy atom. The highest BCUT2D eigenvalue weighted by Gasteiger charge is 2.23. The van der Waals surface area contributed by atoms with Crippen molar-refractivity contribution in [3.8, 4) is 28.6 Å². The van der Waals surface area contributed by atoms with Crippen molar-refractivity contribution in [1.29, 1.82) is 0 Å². The Labute approximate surface area is 237 Å². The highest BCUT2D eigenvalue weighted by molar-refractivity contribution is 7.99. The molecule has 2 heterocycles. The summed E-state index contributed by atoms with van der Waals surface area (Å²) in [5.74, 6) is 0.997. The maximum absolute atomic E-state index is 13.1. The second-order valence-electron chi connectivity index (χ2n) is 8.74. The third-order valence-corrected chi connectivity index (χ3v) is 7.31. The van der Waals surface area contributed by atoms with Crippen LogP contribution in [-0.2, 0) is 14.1 Å². The second-order valence-corrected chi connectivity index (χ2v) is 10.1. The lowest BCUT2D eigenvalue weighted by molar-refractivity contribution is 0.102. The maximum atomic E-state index is 13.1. The van der Waals surface area contributed by atoms with Crippen LogP contribution in [0.4, 0.5) is 5.82 Å². The van der Waals surface area contributed by atoms with Gasteiger partial charge in [0.05, 0.1) is 5.75 Å². The average molecular weight is 575 g/mol. The first-order chi connectivity index (χ1) is 19.2. The number of benzene rings is 3. The number of nitrogen functional groups attached to an aromatic ring is 1. The molecule has 12 heteroatoms. The number of rotatable bonds is 8. The zero-order valence-corrected chi connectivity index (χ0v) is 23.0. The summed E-state index contributed by atoms with van der Waals surface area (Å²) in [7, 11) is 2.70. The van der Waals surface area contributed by atoms with Gasteiger partial charge in [0.15, 0.2) is 16.8 Å². The van der Waals surface area contributed by atoms with E-state index in [0.29, 0.717) is 27.5 Å². The number of Topliss-reactive ketones (excluding diaryl/α,β-unsaturated/α-hetero) is 1. The highest BCUT2D eigenvalue weighted by Crippen LogP contribution is 2.31. The molecule has 0 radical (unpaired) electrons. The molecule has 5 rings (SSSR count). The minimum Gasteiger partial charge on any atom is -0.457 e. The Hall–Kier alpha value is -4.61. The molecule has 0 atom stereocenters. The SMILES string of the molecule is Cn1c(N)c(C(=O)CSc2nnc(-c3ccc(Cl)cc3)n2-c2ccc(Oc3ccccc3)cc2)c(=O)n(C)c1=O. The van der Waals surface area contributed by atoms with Gasteiger partial charge in [-0.25, -0.2) is 4.79 Å². The Kier molecular flexibility index (Phi) is 7.58. The van der Waals surface area contributed by atoms with Crippen LogP contribution in [0.2, 0.25) is 5.02 Å². The van der Waals surface area contributed by atoms with E-state index in [1.807, 2.05) is 66.7 Å². The van der Waals surface area contributed by atoms with Gasteiger partial charge in [0, 0.05) is 30.4 Å². The zero-order valence-electron chi connectivity index (χ0n) is 21.4. The molecule has 0 bridgehead atoms. The lowest BCUT2D eigenvalue weighted by Gasteiger charge is -2.13. The fourth-order valence-electron chi connectivity index (χ4n) is 3.99. The lowest BCUT2D eigenvalue weighted by Crippen LogP contribution is -2.41. The molecule has 0 amide bonds. The largest absolute Gasteiger partial charge is 0.457 e. The lowest BCUT2D eigenvalue weighted by atomic mass is 10.2. The quantitative estimate of drug-likeness (QED) is 0.214. The first kappa shape index (κ1) is 27.0. The summed E-state index contributed by atoms with van der Waals surface area (Å²) in [6, 6.07) is 23.9. The molecule has 0 aliphatic rings. The molecule has 0 saturated heterocycles. The Morgan fingerprint density at radius 2 is 1.55 bits per heavy atom. The van der Waals surface area contributed by atoms with Gasteiger partial charge in [-0.05, 0) is 60.7 Å². The van der Waals surface area contributed by atoms with E-state index in [1.165, 1.54) is 14.1 Å². The molecule has 0 spiro atoms. The van der Waals surface area contributed by atoms with Gasteiger partial charge in [0.2, 0.25) is 0 Å². The molecule has 5 aromatic rings. The molecule has 0 saturated carbocycles. The van der Waals surface area contributed by atoms with Crippen molar-refractivity contribution in [2.45, 2.75) is 5.16 Å². The van der Waals surface area contributed by atoms with Crippen LogP contribution in [0.15, 0.2) is 93.6 Å². The number of nitrogens with two attached hydrogens (primary N) is 1. The van der Waals surface area contributed by atoms with E-state index in [-0.39, 0.29) is 17.1 Å². The number of carbonyl (C=O) groups excluding carboxylic acids is 1. The summed E-state index contributed by atoms with van der Waals surface area (Å²) in [4.78, 5) is 37.9. The summed E-state index contributed by atoms with van der Waals surface area (Å²) < 4.78 is 9.64. The Bertz CT molecular complexity index is 1810. The fraction of sp³-hybridized carbons (Fsp3) is 0.107. The molecular formula is C28H23ClN6O4S. The molecule has 0 unspecified atom stereocenters. The van der Waals surface area contributed by atoms with Gasteiger partial charge < -0.3 is 10.5 Å². The van der Waals surface area contributed by atoms with Crippen molar-refractivity contribution in [2.24, 2.45) is 14.1 Å². The van der Waals surface area contributed by atoms with Gasteiger partial charge in [-0.3, -0.25) is 23.3 Å². The molecule has 0 fully saturated rings. The van der Waals surface area contributed by atoms with E-state index in [2.05, 4.69) is 10.2 Å². The van der Waals surface area contributed by atoms with Crippen LogP contribution in [0.5, 0.6) is 11.5 Å². The van der Waals surface area contributed by atoms with Crippen molar-refractivity contribution >= 4 is 35.0 Å². The number of aromatic nitrogens is 5. The molecule has 10 nitrogen and oxygen atoms in total. The number of hydrogen-bond acceptors (Lipinski definition) is 8. The minimum absolute atomic E-state index is 0.161. The molecule has 2 aromatic heterocycles. The predicted octanol–water partition coefficient (Wildman–Crippen LogP) is 4.33. The summed E-state index contributed by atoms with van der Waals surface area (Å²) in [5.41, 5.74) is 5.85. The van der Waals surface area contributed by atoms with Crippen LogP contribution in [0, 0.1) is 0 Å². The first-order valence-corrected chi connectivity index (χ1v) is 13.4.